The van der Waals surface area contributed by atoms with E-state index < -0.39 is 11.9 Å². The van der Waals surface area contributed by atoms with Crippen LogP contribution in [0.2, 0.25) is 0 Å². The SMILES string of the molecule is NC(=O)c1ccc(NC(=O)[C@@H](N)Cc2ccc(N=C(N)N)cc2)c(OC2CCCCC2)c1. The summed E-state index contributed by atoms with van der Waals surface area (Å²) in [6, 6.07) is 11.1. The Balaban J connectivity index is 1.69. The molecule has 9 N–H and O–H groups in total. The minimum absolute atomic E-state index is 0.0255. The van der Waals surface area contributed by atoms with E-state index in [1.165, 1.54) is 6.42 Å². The van der Waals surface area contributed by atoms with Crippen molar-refractivity contribution in [3.63, 3.8) is 0 Å². The molecule has 0 spiro atoms. The number of carbonyl (C=O) groups is 2. The number of hydrogen-bond donors (Lipinski definition) is 5. The monoisotopic (exact) mass is 438 g/mol. The molecule has 2 amide bonds. The lowest BCUT2D eigenvalue weighted by atomic mass is 9.98. The zero-order valence-electron chi connectivity index (χ0n) is 17.9. The molecule has 0 aliphatic heterocycles. The van der Waals surface area contributed by atoms with Gasteiger partial charge in [-0.1, -0.05) is 18.6 Å². The van der Waals surface area contributed by atoms with Gasteiger partial charge in [0.15, 0.2) is 5.96 Å². The van der Waals surface area contributed by atoms with Crippen molar-refractivity contribution in [1.29, 1.82) is 0 Å². The van der Waals surface area contributed by atoms with E-state index in [1.54, 1.807) is 30.3 Å². The fourth-order valence-electron chi connectivity index (χ4n) is 3.67. The van der Waals surface area contributed by atoms with E-state index >= 15 is 0 Å². The second kappa shape index (κ2) is 10.6. The molecule has 0 heterocycles. The number of nitrogens with two attached hydrogens (primary N) is 4. The van der Waals surface area contributed by atoms with Crippen LogP contribution in [0.15, 0.2) is 47.5 Å². The Morgan fingerprint density at radius 1 is 1.03 bits per heavy atom. The van der Waals surface area contributed by atoms with Crippen molar-refractivity contribution in [2.45, 2.75) is 50.7 Å². The summed E-state index contributed by atoms with van der Waals surface area (Å²) in [6.45, 7) is 0. The predicted octanol–water partition coefficient (Wildman–Crippen LogP) is 1.91. The number of benzene rings is 2. The molecule has 0 bridgehead atoms. The summed E-state index contributed by atoms with van der Waals surface area (Å²) in [4.78, 5) is 28.3. The van der Waals surface area contributed by atoms with Gasteiger partial charge in [0.2, 0.25) is 11.8 Å². The molecule has 32 heavy (non-hydrogen) atoms. The molecule has 1 aliphatic rings. The molecule has 0 unspecified atom stereocenters. The lowest BCUT2D eigenvalue weighted by Gasteiger charge is -2.25. The van der Waals surface area contributed by atoms with E-state index in [-0.39, 0.29) is 18.0 Å². The Morgan fingerprint density at radius 3 is 2.34 bits per heavy atom. The van der Waals surface area contributed by atoms with Crippen LogP contribution in [-0.4, -0.2) is 29.9 Å². The number of guanidine groups is 1. The van der Waals surface area contributed by atoms with E-state index in [4.69, 9.17) is 27.7 Å². The first-order chi connectivity index (χ1) is 15.3. The van der Waals surface area contributed by atoms with Crippen molar-refractivity contribution in [3.8, 4) is 5.75 Å². The quantitative estimate of drug-likeness (QED) is 0.311. The van der Waals surface area contributed by atoms with Crippen LogP contribution >= 0.6 is 0 Å². The Kier molecular flexibility index (Phi) is 7.67. The Labute approximate surface area is 187 Å². The van der Waals surface area contributed by atoms with Crippen molar-refractivity contribution >= 4 is 29.1 Å². The standard InChI is InChI=1S/C23H30N6O3/c24-18(12-14-6-9-16(10-7-14)28-23(26)27)22(31)29-19-11-8-15(21(25)30)13-20(19)32-17-4-2-1-3-5-17/h6-11,13,17-18H,1-5,12,24H2,(H2,25,30)(H,29,31)(H4,26,27,28)/t18-/m0/s1. The van der Waals surface area contributed by atoms with E-state index in [1.807, 2.05) is 12.1 Å². The first-order valence-electron chi connectivity index (χ1n) is 10.7. The summed E-state index contributed by atoms with van der Waals surface area (Å²) in [7, 11) is 0. The average molecular weight is 439 g/mol. The van der Waals surface area contributed by atoms with Crippen LogP contribution in [0.25, 0.3) is 0 Å². The molecule has 1 aliphatic carbocycles. The maximum atomic E-state index is 12.8. The summed E-state index contributed by atoms with van der Waals surface area (Å²) >= 11 is 0. The first-order valence-corrected chi connectivity index (χ1v) is 10.7. The van der Waals surface area contributed by atoms with Crippen molar-refractivity contribution in [3.05, 3.63) is 53.6 Å². The highest BCUT2D eigenvalue weighted by atomic mass is 16.5. The third-order valence-corrected chi connectivity index (χ3v) is 5.36. The van der Waals surface area contributed by atoms with Crippen LogP contribution in [0.4, 0.5) is 11.4 Å². The highest BCUT2D eigenvalue weighted by Crippen LogP contribution is 2.30. The van der Waals surface area contributed by atoms with Crippen molar-refractivity contribution in [2.24, 2.45) is 27.9 Å². The molecule has 9 nitrogen and oxygen atoms in total. The fourth-order valence-corrected chi connectivity index (χ4v) is 3.67. The van der Waals surface area contributed by atoms with Gasteiger partial charge in [-0.3, -0.25) is 9.59 Å². The molecular formula is C23H30N6O3. The third-order valence-electron chi connectivity index (χ3n) is 5.36. The number of nitrogens with one attached hydrogen (secondary N) is 1. The van der Waals surface area contributed by atoms with Gasteiger partial charge in [-0.15, -0.1) is 0 Å². The largest absolute Gasteiger partial charge is 0.488 e. The Hall–Kier alpha value is -3.59. The molecule has 0 saturated heterocycles. The van der Waals surface area contributed by atoms with E-state index in [0.717, 1.165) is 31.2 Å². The number of amides is 2. The summed E-state index contributed by atoms with van der Waals surface area (Å²) < 4.78 is 6.12. The molecule has 2 aromatic carbocycles. The fraction of sp³-hybridized carbons (Fsp3) is 0.348. The number of anilines is 1. The van der Waals surface area contributed by atoms with Crippen LogP contribution in [0, 0.1) is 0 Å². The topological polar surface area (TPSA) is 172 Å². The predicted molar refractivity (Wildman–Crippen MR) is 125 cm³/mol. The molecule has 170 valence electrons. The van der Waals surface area contributed by atoms with Gasteiger partial charge in [0, 0.05) is 5.56 Å². The van der Waals surface area contributed by atoms with Gasteiger partial charge in [0.25, 0.3) is 0 Å². The minimum atomic E-state index is -0.790. The number of nitrogens with zero attached hydrogens (tertiary/aromatic N) is 1. The maximum Gasteiger partial charge on any atom is 0.248 e. The third kappa shape index (κ3) is 6.45. The summed E-state index contributed by atoms with van der Waals surface area (Å²) in [6.07, 6.45) is 5.61. The van der Waals surface area contributed by atoms with Gasteiger partial charge in [0.1, 0.15) is 5.75 Å². The van der Waals surface area contributed by atoms with Crippen LogP contribution in [-0.2, 0) is 11.2 Å². The number of aliphatic imine (C=N–C) groups is 1. The lowest BCUT2D eigenvalue weighted by molar-refractivity contribution is -0.117. The Bertz CT molecular complexity index is 980. The lowest BCUT2D eigenvalue weighted by Crippen LogP contribution is -2.37. The second-order valence-corrected chi connectivity index (χ2v) is 7.96. The van der Waals surface area contributed by atoms with Gasteiger partial charge in [-0.05, 0) is 68.0 Å². The van der Waals surface area contributed by atoms with Gasteiger partial charge in [-0.2, -0.15) is 0 Å². The highest BCUT2D eigenvalue weighted by Gasteiger charge is 2.20. The molecular weight excluding hydrogens is 408 g/mol. The summed E-state index contributed by atoms with van der Waals surface area (Å²) in [5.74, 6) is -0.520. The molecule has 0 aromatic heterocycles. The average Bonchev–Trinajstić information content (AvgIpc) is 2.76. The summed E-state index contributed by atoms with van der Waals surface area (Å²) in [5, 5.41) is 2.83. The van der Waals surface area contributed by atoms with Crippen molar-refractivity contribution < 1.29 is 14.3 Å². The van der Waals surface area contributed by atoms with Crippen LogP contribution < -0.4 is 33.0 Å². The van der Waals surface area contributed by atoms with E-state index in [2.05, 4.69) is 10.3 Å². The first kappa shape index (κ1) is 23.1. The van der Waals surface area contributed by atoms with Crippen molar-refractivity contribution in [1.82, 2.24) is 0 Å². The number of ether oxygens (including phenoxy) is 1. The van der Waals surface area contributed by atoms with Crippen molar-refractivity contribution in [2.75, 3.05) is 5.32 Å². The van der Waals surface area contributed by atoms with Crippen LogP contribution in [0.3, 0.4) is 0 Å². The normalized spacial score (nSPS) is 14.9. The zero-order valence-corrected chi connectivity index (χ0v) is 17.9. The maximum absolute atomic E-state index is 12.8. The minimum Gasteiger partial charge on any atom is -0.488 e. The molecule has 0 radical (unpaired) electrons. The number of primary amides is 1. The number of hydrogen-bond acceptors (Lipinski definition) is 5. The van der Waals surface area contributed by atoms with Gasteiger partial charge in [-0.25, -0.2) is 4.99 Å². The molecule has 1 fully saturated rings. The van der Waals surface area contributed by atoms with E-state index in [9.17, 15) is 9.59 Å². The molecule has 2 aromatic rings. The second-order valence-electron chi connectivity index (χ2n) is 7.96. The van der Waals surface area contributed by atoms with E-state index in [0.29, 0.717) is 29.1 Å². The highest BCUT2D eigenvalue weighted by molar-refractivity contribution is 5.98. The van der Waals surface area contributed by atoms with Crippen LogP contribution in [0.1, 0.15) is 48.0 Å². The van der Waals surface area contributed by atoms with Gasteiger partial charge < -0.3 is 33.0 Å². The van der Waals surface area contributed by atoms with Crippen LogP contribution in [0.5, 0.6) is 5.75 Å². The van der Waals surface area contributed by atoms with Gasteiger partial charge >= 0.3 is 0 Å². The molecule has 9 heteroatoms. The summed E-state index contributed by atoms with van der Waals surface area (Å²) in [5.41, 5.74) is 24.6. The Morgan fingerprint density at radius 2 is 1.72 bits per heavy atom. The molecule has 1 atom stereocenters. The smallest absolute Gasteiger partial charge is 0.248 e. The van der Waals surface area contributed by atoms with Gasteiger partial charge in [0.05, 0.1) is 23.5 Å². The zero-order chi connectivity index (χ0) is 23.1. The number of rotatable bonds is 8. The molecule has 3 rings (SSSR count). The number of carbonyl (C=O) groups excluding carboxylic acids is 2. The molecule has 1 saturated carbocycles.